The van der Waals surface area contributed by atoms with Gasteiger partial charge < -0.3 is 10.1 Å². The van der Waals surface area contributed by atoms with Crippen LogP contribution in [-0.2, 0) is 4.79 Å². The lowest BCUT2D eigenvalue weighted by molar-refractivity contribution is -0.274. The van der Waals surface area contributed by atoms with Gasteiger partial charge in [0.25, 0.3) is 0 Å². The zero-order valence-electron chi connectivity index (χ0n) is 10.4. The van der Waals surface area contributed by atoms with Crippen molar-refractivity contribution in [2.24, 2.45) is 0 Å². The Morgan fingerprint density at radius 3 is 2.15 bits per heavy atom. The van der Waals surface area contributed by atoms with Crippen LogP contribution in [0.1, 0.15) is 13.8 Å². The number of carbonyl (C=O) groups excluding carboxylic acids is 1. The molecular weight excluding hydrogens is 407 g/mol. The molecule has 0 saturated carbocycles. The molecule has 8 heteroatoms. The molecule has 0 radical (unpaired) electrons. The summed E-state index contributed by atoms with van der Waals surface area (Å²) < 4.78 is 40.7. The number of allylic oxidation sites excluding steroid dienone is 1. The number of hydrogen-bond acceptors (Lipinski definition) is 2. The second-order valence-electron chi connectivity index (χ2n) is 4.02. The van der Waals surface area contributed by atoms with Crippen molar-refractivity contribution in [3.05, 3.63) is 32.7 Å². The minimum Gasteiger partial charge on any atom is -0.406 e. The van der Waals surface area contributed by atoms with Crippen LogP contribution in [0.15, 0.2) is 32.7 Å². The molecule has 0 bridgehead atoms. The molecule has 0 fully saturated rings. The molecule has 0 atom stereocenters. The zero-order valence-corrected chi connectivity index (χ0v) is 13.6. The van der Waals surface area contributed by atoms with E-state index in [-0.39, 0.29) is 14.9 Å². The summed E-state index contributed by atoms with van der Waals surface area (Å²) in [6.07, 6.45) is -3.40. The molecule has 1 aromatic rings. The SMILES string of the molecule is CC(C)=CC(=O)Nc1c(Br)cc(OC(F)(F)F)cc1Br. The maximum atomic E-state index is 12.1. The summed E-state index contributed by atoms with van der Waals surface area (Å²) in [6.45, 7) is 3.51. The topological polar surface area (TPSA) is 38.3 Å². The van der Waals surface area contributed by atoms with Gasteiger partial charge in [0.15, 0.2) is 0 Å². The van der Waals surface area contributed by atoms with Crippen LogP contribution in [0.2, 0.25) is 0 Å². The Morgan fingerprint density at radius 2 is 1.75 bits per heavy atom. The summed E-state index contributed by atoms with van der Waals surface area (Å²) in [5.41, 5.74) is 1.12. The fraction of sp³-hybridized carbons (Fsp3) is 0.250. The van der Waals surface area contributed by atoms with Gasteiger partial charge in [0.05, 0.1) is 5.69 Å². The first kappa shape index (κ1) is 17.0. The van der Waals surface area contributed by atoms with Crippen molar-refractivity contribution in [1.82, 2.24) is 0 Å². The van der Waals surface area contributed by atoms with Crippen LogP contribution in [0.5, 0.6) is 5.75 Å². The fourth-order valence-corrected chi connectivity index (χ4v) is 2.63. The molecular formula is C12H10Br2F3NO2. The summed E-state index contributed by atoms with van der Waals surface area (Å²) >= 11 is 6.17. The molecule has 0 aliphatic heterocycles. The van der Waals surface area contributed by atoms with Crippen molar-refractivity contribution in [3.8, 4) is 5.75 Å². The molecule has 20 heavy (non-hydrogen) atoms. The Balaban J connectivity index is 3.01. The monoisotopic (exact) mass is 415 g/mol. The van der Waals surface area contributed by atoms with Gasteiger partial charge in [-0.1, -0.05) is 5.57 Å². The second-order valence-corrected chi connectivity index (χ2v) is 5.73. The smallest absolute Gasteiger partial charge is 0.406 e. The first-order valence-electron chi connectivity index (χ1n) is 5.29. The molecule has 1 N–H and O–H groups in total. The molecule has 0 saturated heterocycles. The molecule has 0 heterocycles. The lowest BCUT2D eigenvalue weighted by Gasteiger charge is -2.13. The van der Waals surface area contributed by atoms with Crippen molar-refractivity contribution in [3.63, 3.8) is 0 Å². The van der Waals surface area contributed by atoms with Crippen LogP contribution < -0.4 is 10.1 Å². The van der Waals surface area contributed by atoms with Gasteiger partial charge in [0.1, 0.15) is 5.75 Å². The van der Waals surface area contributed by atoms with E-state index < -0.39 is 12.1 Å². The number of nitrogens with one attached hydrogen (secondary N) is 1. The Labute approximate surface area is 130 Å². The zero-order chi connectivity index (χ0) is 15.5. The minimum absolute atomic E-state index is 0.265. The highest BCUT2D eigenvalue weighted by atomic mass is 79.9. The van der Waals surface area contributed by atoms with Crippen LogP contribution in [0.3, 0.4) is 0 Å². The number of halogens is 5. The summed E-state index contributed by atoms with van der Waals surface area (Å²) in [5.74, 6) is -0.771. The maximum absolute atomic E-state index is 12.1. The van der Waals surface area contributed by atoms with E-state index in [1.807, 2.05) is 0 Å². The molecule has 1 amide bonds. The van der Waals surface area contributed by atoms with Crippen LogP contribution in [0, 0.1) is 0 Å². The quantitative estimate of drug-likeness (QED) is 0.703. The van der Waals surface area contributed by atoms with E-state index in [9.17, 15) is 18.0 Å². The summed E-state index contributed by atoms with van der Waals surface area (Å²) in [5, 5.41) is 2.55. The molecule has 0 aromatic heterocycles. The van der Waals surface area contributed by atoms with Crippen molar-refractivity contribution in [2.45, 2.75) is 20.2 Å². The van der Waals surface area contributed by atoms with Gasteiger partial charge in [-0.05, 0) is 57.8 Å². The van der Waals surface area contributed by atoms with Gasteiger partial charge in [-0.2, -0.15) is 0 Å². The Bertz CT molecular complexity index is 529. The van der Waals surface area contributed by atoms with E-state index in [4.69, 9.17) is 0 Å². The third-order valence-electron chi connectivity index (χ3n) is 1.92. The highest BCUT2D eigenvalue weighted by Gasteiger charge is 2.31. The van der Waals surface area contributed by atoms with Crippen molar-refractivity contribution in [1.29, 1.82) is 0 Å². The van der Waals surface area contributed by atoms with E-state index in [0.717, 1.165) is 17.7 Å². The van der Waals surface area contributed by atoms with Gasteiger partial charge in [0, 0.05) is 15.0 Å². The average Bonchev–Trinajstić information content (AvgIpc) is 2.19. The van der Waals surface area contributed by atoms with E-state index >= 15 is 0 Å². The lowest BCUT2D eigenvalue weighted by Crippen LogP contribution is -2.17. The standard InChI is InChI=1S/C12H10Br2F3NO2/c1-6(2)3-10(19)18-11-8(13)4-7(5-9(11)14)20-12(15,16)17/h3-5H,1-2H3,(H,18,19). The molecule has 110 valence electrons. The average molecular weight is 417 g/mol. The van der Waals surface area contributed by atoms with Gasteiger partial charge in [-0.3, -0.25) is 4.79 Å². The van der Waals surface area contributed by atoms with Crippen molar-refractivity contribution in [2.75, 3.05) is 5.32 Å². The first-order chi connectivity index (χ1) is 9.08. The second kappa shape index (κ2) is 6.62. The van der Waals surface area contributed by atoms with Crippen molar-refractivity contribution >= 4 is 43.5 Å². The molecule has 1 aromatic carbocycles. The summed E-state index contributed by atoms with van der Waals surface area (Å²) in [6, 6.07) is 2.24. The normalized spacial score (nSPS) is 10.9. The molecule has 0 aliphatic carbocycles. The number of rotatable bonds is 3. The van der Waals surface area contributed by atoms with E-state index in [1.54, 1.807) is 13.8 Å². The van der Waals surface area contributed by atoms with Crippen LogP contribution in [0.4, 0.5) is 18.9 Å². The Kier molecular flexibility index (Phi) is 5.64. The van der Waals surface area contributed by atoms with E-state index in [2.05, 4.69) is 41.9 Å². The molecule has 0 spiro atoms. The minimum atomic E-state index is -4.77. The highest BCUT2D eigenvalue weighted by molar-refractivity contribution is 9.11. The van der Waals surface area contributed by atoms with E-state index in [0.29, 0.717) is 5.69 Å². The van der Waals surface area contributed by atoms with Crippen LogP contribution >= 0.6 is 31.9 Å². The largest absolute Gasteiger partial charge is 0.573 e. The molecule has 1 rings (SSSR count). The predicted molar refractivity (Wildman–Crippen MR) is 76.6 cm³/mol. The Hall–Kier alpha value is -1.02. The van der Waals surface area contributed by atoms with Crippen LogP contribution in [0.25, 0.3) is 0 Å². The number of ether oxygens (including phenoxy) is 1. The van der Waals surface area contributed by atoms with Gasteiger partial charge in [0.2, 0.25) is 5.91 Å². The molecule has 3 nitrogen and oxygen atoms in total. The van der Waals surface area contributed by atoms with Crippen molar-refractivity contribution < 1.29 is 22.7 Å². The lowest BCUT2D eigenvalue weighted by atomic mass is 10.2. The number of alkyl halides is 3. The summed E-state index contributed by atoms with van der Waals surface area (Å²) in [4.78, 5) is 11.6. The van der Waals surface area contributed by atoms with Gasteiger partial charge in [-0.15, -0.1) is 13.2 Å². The molecule has 0 aliphatic rings. The predicted octanol–water partition coefficient (Wildman–Crippen LogP) is 5.01. The molecule has 0 unspecified atom stereocenters. The third-order valence-corrected chi connectivity index (χ3v) is 3.17. The number of anilines is 1. The number of benzene rings is 1. The maximum Gasteiger partial charge on any atom is 0.573 e. The van der Waals surface area contributed by atoms with E-state index in [1.165, 1.54) is 6.08 Å². The highest BCUT2D eigenvalue weighted by Crippen LogP contribution is 2.37. The third kappa shape index (κ3) is 5.54. The van der Waals surface area contributed by atoms with Gasteiger partial charge >= 0.3 is 6.36 Å². The Morgan fingerprint density at radius 1 is 1.25 bits per heavy atom. The van der Waals surface area contributed by atoms with Crippen LogP contribution in [-0.4, -0.2) is 12.3 Å². The van der Waals surface area contributed by atoms with Gasteiger partial charge in [-0.25, -0.2) is 0 Å². The first-order valence-corrected chi connectivity index (χ1v) is 6.88. The fourth-order valence-electron chi connectivity index (χ4n) is 1.28. The number of carbonyl (C=O) groups is 1. The summed E-state index contributed by atoms with van der Waals surface area (Å²) in [7, 11) is 0. The number of hydrogen-bond donors (Lipinski definition) is 1. The number of amides is 1.